The van der Waals surface area contributed by atoms with Crippen LogP contribution in [0.5, 0.6) is 0 Å². The Hall–Kier alpha value is -1.24. The average Bonchev–Trinajstić information content (AvgIpc) is 2.92. The van der Waals surface area contributed by atoms with Gasteiger partial charge in [0.1, 0.15) is 0 Å². The first kappa shape index (κ1) is 16.6. The summed E-state index contributed by atoms with van der Waals surface area (Å²) in [5.41, 5.74) is 4.52. The molecule has 0 fully saturated rings. The molecule has 0 aliphatic heterocycles. The molecule has 1 heterocycles. The zero-order chi connectivity index (χ0) is 16.2. The molecular formula is C22H33N. The fourth-order valence-corrected chi connectivity index (χ4v) is 4.30. The van der Waals surface area contributed by atoms with Crippen molar-refractivity contribution in [3.8, 4) is 0 Å². The van der Waals surface area contributed by atoms with Crippen LogP contribution < -0.4 is 0 Å². The number of nitrogens with one attached hydrogen (secondary N) is 1. The van der Waals surface area contributed by atoms with Crippen molar-refractivity contribution < 1.29 is 0 Å². The van der Waals surface area contributed by atoms with Crippen LogP contribution in [-0.2, 0) is 6.42 Å². The van der Waals surface area contributed by atoms with Crippen LogP contribution in [0.3, 0.4) is 0 Å². The second-order valence-electron chi connectivity index (χ2n) is 8.16. The lowest BCUT2D eigenvalue weighted by molar-refractivity contribution is 0.394. The summed E-state index contributed by atoms with van der Waals surface area (Å²) in [6.45, 7) is 7.13. The molecule has 0 spiro atoms. The van der Waals surface area contributed by atoms with E-state index in [2.05, 4.69) is 50.0 Å². The van der Waals surface area contributed by atoms with Gasteiger partial charge in [0.05, 0.1) is 0 Å². The fraction of sp³-hybridized carbons (Fsp3) is 0.636. The summed E-state index contributed by atoms with van der Waals surface area (Å²) in [5, 5.41) is 1.47. The van der Waals surface area contributed by atoms with Crippen molar-refractivity contribution >= 4 is 10.9 Å². The minimum absolute atomic E-state index is 0.763. The molecule has 2 unspecified atom stereocenters. The monoisotopic (exact) mass is 311 g/mol. The molecule has 0 amide bonds. The predicted octanol–water partition coefficient (Wildman–Crippen LogP) is 6.83. The molecule has 23 heavy (non-hydrogen) atoms. The lowest BCUT2D eigenvalue weighted by Gasteiger charge is -2.24. The highest BCUT2D eigenvalue weighted by Gasteiger charge is 2.24. The molecular weight excluding hydrogens is 278 g/mol. The molecule has 0 saturated carbocycles. The van der Waals surface area contributed by atoms with Gasteiger partial charge in [0.25, 0.3) is 0 Å². The van der Waals surface area contributed by atoms with Gasteiger partial charge in [-0.25, -0.2) is 0 Å². The Morgan fingerprint density at radius 3 is 2.74 bits per heavy atom. The maximum Gasteiger partial charge on any atom is 0.0459 e. The molecule has 0 bridgehead atoms. The molecule has 1 aliphatic rings. The number of fused-ring (bicyclic) bond motifs is 3. The van der Waals surface area contributed by atoms with Gasteiger partial charge in [-0.2, -0.15) is 0 Å². The highest BCUT2D eigenvalue weighted by Crippen LogP contribution is 2.39. The molecule has 1 N–H and O–H groups in total. The Morgan fingerprint density at radius 1 is 1.09 bits per heavy atom. The molecule has 3 rings (SSSR count). The zero-order valence-corrected chi connectivity index (χ0v) is 15.2. The van der Waals surface area contributed by atoms with Crippen LogP contribution in [-0.4, -0.2) is 4.98 Å². The summed E-state index contributed by atoms with van der Waals surface area (Å²) in [6.07, 6.45) is 10.9. The van der Waals surface area contributed by atoms with Crippen molar-refractivity contribution in [1.82, 2.24) is 4.98 Å². The van der Waals surface area contributed by atoms with E-state index in [0.29, 0.717) is 0 Å². The number of rotatable bonds is 7. The second kappa shape index (κ2) is 7.55. The highest BCUT2D eigenvalue weighted by molar-refractivity contribution is 5.85. The molecule has 0 radical (unpaired) electrons. The van der Waals surface area contributed by atoms with E-state index < -0.39 is 0 Å². The molecule has 1 aromatic heterocycles. The minimum atomic E-state index is 0.763. The molecule has 1 aliphatic carbocycles. The maximum absolute atomic E-state index is 3.75. The van der Waals surface area contributed by atoms with Crippen molar-refractivity contribution in [2.75, 3.05) is 0 Å². The largest absolute Gasteiger partial charge is 0.358 e. The van der Waals surface area contributed by atoms with E-state index in [9.17, 15) is 0 Å². The summed E-state index contributed by atoms with van der Waals surface area (Å²) in [6, 6.07) is 8.85. The van der Waals surface area contributed by atoms with Crippen LogP contribution in [0.25, 0.3) is 10.9 Å². The van der Waals surface area contributed by atoms with Crippen molar-refractivity contribution in [2.45, 2.75) is 78.1 Å². The van der Waals surface area contributed by atoms with Gasteiger partial charge in [-0.15, -0.1) is 0 Å². The Kier molecular flexibility index (Phi) is 5.46. The Balaban J connectivity index is 1.60. The number of aromatic amines is 1. The number of para-hydroxylation sites is 1. The number of hydrogen-bond donors (Lipinski definition) is 1. The van der Waals surface area contributed by atoms with E-state index in [-0.39, 0.29) is 0 Å². The van der Waals surface area contributed by atoms with Crippen molar-refractivity contribution in [2.24, 2.45) is 11.8 Å². The van der Waals surface area contributed by atoms with Crippen LogP contribution in [0, 0.1) is 11.8 Å². The fourth-order valence-electron chi connectivity index (χ4n) is 4.30. The molecule has 0 saturated heterocycles. The van der Waals surface area contributed by atoms with Gasteiger partial charge in [0.15, 0.2) is 0 Å². The van der Waals surface area contributed by atoms with Crippen molar-refractivity contribution in [3.05, 3.63) is 35.5 Å². The second-order valence-corrected chi connectivity index (χ2v) is 8.16. The first-order chi connectivity index (χ1) is 11.1. The summed E-state index contributed by atoms with van der Waals surface area (Å²) in [4.78, 5) is 3.75. The van der Waals surface area contributed by atoms with Gasteiger partial charge in [0.2, 0.25) is 0 Å². The van der Waals surface area contributed by atoms with Gasteiger partial charge in [0, 0.05) is 16.6 Å². The summed E-state index contributed by atoms with van der Waals surface area (Å²) in [5.74, 6) is 2.50. The predicted molar refractivity (Wildman–Crippen MR) is 101 cm³/mol. The van der Waals surface area contributed by atoms with Gasteiger partial charge in [-0.3, -0.25) is 0 Å². The lowest BCUT2D eigenvalue weighted by Crippen LogP contribution is -2.10. The number of aromatic nitrogens is 1. The number of aryl methyl sites for hydroxylation is 1. The molecule has 1 nitrogen and oxygen atoms in total. The van der Waals surface area contributed by atoms with Gasteiger partial charge in [-0.1, -0.05) is 64.7 Å². The third-order valence-electron chi connectivity index (χ3n) is 5.72. The van der Waals surface area contributed by atoms with Crippen LogP contribution >= 0.6 is 0 Å². The third-order valence-corrected chi connectivity index (χ3v) is 5.72. The maximum atomic E-state index is 3.75. The average molecular weight is 312 g/mol. The number of benzene rings is 1. The topological polar surface area (TPSA) is 15.8 Å². The number of hydrogen-bond acceptors (Lipinski definition) is 0. The summed E-state index contributed by atoms with van der Waals surface area (Å²) >= 11 is 0. The quantitative estimate of drug-likeness (QED) is 0.576. The molecule has 2 atom stereocenters. The van der Waals surface area contributed by atoms with E-state index in [1.807, 2.05) is 0 Å². The van der Waals surface area contributed by atoms with Crippen LogP contribution in [0.2, 0.25) is 0 Å². The zero-order valence-electron chi connectivity index (χ0n) is 15.2. The molecule has 1 aromatic carbocycles. The molecule has 2 aromatic rings. The minimum Gasteiger partial charge on any atom is -0.358 e. The lowest BCUT2D eigenvalue weighted by atomic mass is 9.82. The number of H-pyrrole nitrogens is 1. The van der Waals surface area contributed by atoms with E-state index >= 15 is 0 Å². The van der Waals surface area contributed by atoms with Crippen LogP contribution in [0.4, 0.5) is 0 Å². The van der Waals surface area contributed by atoms with Crippen molar-refractivity contribution in [3.63, 3.8) is 0 Å². The Labute approximate surface area is 141 Å². The van der Waals surface area contributed by atoms with E-state index in [4.69, 9.17) is 0 Å². The van der Waals surface area contributed by atoms with Gasteiger partial charge < -0.3 is 4.98 Å². The van der Waals surface area contributed by atoms with Gasteiger partial charge >= 0.3 is 0 Å². The summed E-state index contributed by atoms with van der Waals surface area (Å²) < 4.78 is 0. The SMILES string of the molecule is CC(C)CCCC(C)CCC1CCCc2c1[nH]c1ccccc21. The Bertz CT molecular complexity index is 622. The van der Waals surface area contributed by atoms with E-state index in [1.54, 1.807) is 11.3 Å². The smallest absolute Gasteiger partial charge is 0.0459 e. The van der Waals surface area contributed by atoms with E-state index in [1.165, 1.54) is 62.3 Å². The highest BCUT2D eigenvalue weighted by atomic mass is 14.7. The van der Waals surface area contributed by atoms with Crippen LogP contribution in [0.15, 0.2) is 24.3 Å². The van der Waals surface area contributed by atoms with Gasteiger partial charge in [-0.05, 0) is 55.1 Å². The first-order valence-corrected chi connectivity index (χ1v) is 9.74. The third kappa shape index (κ3) is 4.00. The Morgan fingerprint density at radius 2 is 1.91 bits per heavy atom. The summed E-state index contributed by atoms with van der Waals surface area (Å²) in [7, 11) is 0. The standard InChI is InChI=1S/C22H33N/c1-16(2)8-6-9-17(3)14-15-18-10-7-12-20-19-11-4-5-13-21(19)23-22(18)20/h4-5,11,13,16-18,23H,6-10,12,14-15H2,1-3H3. The normalized spacial score (nSPS) is 19.2. The van der Waals surface area contributed by atoms with Crippen LogP contribution in [0.1, 0.15) is 82.9 Å². The first-order valence-electron chi connectivity index (χ1n) is 9.74. The molecule has 1 heteroatoms. The van der Waals surface area contributed by atoms with E-state index in [0.717, 1.165) is 17.8 Å². The molecule has 126 valence electrons. The van der Waals surface area contributed by atoms with Crippen molar-refractivity contribution in [1.29, 1.82) is 0 Å².